The first-order valence-corrected chi connectivity index (χ1v) is 8.41. The highest BCUT2D eigenvalue weighted by Crippen LogP contribution is 2.12. The lowest BCUT2D eigenvalue weighted by Crippen LogP contribution is -2.31. The Kier molecular flexibility index (Phi) is 6.91. The number of oxazole rings is 1. The van der Waals surface area contributed by atoms with Crippen LogP contribution in [0.3, 0.4) is 0 Å². The highest BCUT2D eigenvalue weighted by molar-refractivity contribution is 5.94. The predicted octanol–water partition coefficient (Wildman–Crippen LogP) is 2.98. The van der Waals surface area contributed by atoms with Crippen LogP contribution in [-0.4, -0.2) is 34.8 Å². The highest BCUT2D eigenvalue weighted by atomic mass is 16.3. The van der Waals surface area contributed by atoms with Gasteiger partial charge in [-0.25, -0.2) is 4.98 Å². The molecule has 0 bridgehead atoms. The maximum absolute atomic E-state index is 12.7. The average molecular weight is 353 g/mol. The Morgan fingerprint density at radius 1 is 1.23 bits per heavy atom. The second kappa shape index (κ2) is 9.36. The molecule has 0 spiro atoms. The molecular formula is C20H23N3O3. The van der Waals surface area contributed by atoms with Crippen molar-refractivity contribution in [3.8, 4) is 0 Å². The number of amides is 2. The van der Waals surface area contributed by atoms with Gasteiger partial charge in [0.05, 0.1) is 6.54 Å². The van der Waals surface area contributed by atoms with Gasteiger partial charge in [-0.05, 0) is 24.1 Å². The summed E-state index contributed by atoms with van der Waals surface area (Å²) in [5.74, 6) is -0.214. The molecule has 0 saturated carbocycles. The number of aryl methyl sites for hydroxylation is 1. The fraction of sp³-hybridized carbons (Fsp3) is 0.250. The first-order chi connectivity index (χ1) is 12.6. The summed E-state index contributed by atoms with van der Waals surface area (Å²) in [7, 11) is 0. The van der Waals surface area contributed by atoms with Crippen LogP contribution in [0.4, 0.5) is 0 Å². The van der Waals surface area contributed by atoms with Crippen molar-refractivity contribution in [2.75, 3.05) is 13.1 Å². The Hall–Kier alpha value is -3.15. The Balaban J connectivity index is 2.10. The minimum absolute atomic E-state index is 0.148. The number of carbonyl (C=O) groups excluding carboxylic acids is 2. The van der Waals surface area contributed by atoms with Crippen molar-refractivity contribution in [2.45, 2.75) is 19.9 Å². The van der Waals surface area contributed by atoms with Gasteiger partial charge in [0.1, 0.15) is 6.26 Å². The van der Waals surface area contributed by atoms with Gasteiger partial charge in [-0.1, -0.05) is 31.2 Å². The van der Waals surface area contributed by atoms with Crippen LogP contribution in [-0.2, 0) is 13.0 Å². The summed E-state index contributed by atoms with van der Waals surface area (Å²) >= 11 is 0. The van der Waals surface area contributed by atoms with Gasteiger partial charge in [0, 0.05) is 18.7 Å². The zero-order valence-corrected chi connectivity index (χ0v) is 14.9. The van der Waals surface area contributed by atoms with E-state index in [-0.39, 0.29) is 29.9 Å². The van der Waals surface area contributed by atoms with Gasteiger partial charge in [-0.3, -0.25) is 9.59 Å². The van der Waals surface area contributed by atoms with E-state index in [0.717, 1.165) is 6.42 Å². The smallest absolute Gasteiger partial charge is 0.273 e. The molecule has 26 heavy (non-hydrogen) atoms. The third-order valence-corrected chi connectivity index (χ3v) is 3.76. The van der Waals surface area contributed by atoms with Crippen LogP contribution in [0.2, 0.25) is 0 Å². The number of nitrogens with one attached hydrogen (secondary N) is 1. The Labute approximate surface area is 153 Å². The number of nitrogens with zero attached hydrogens (tertiary/aromatic N) is 2. The number of hydrogen-bond donors (Lipinski definition) is 1. The van der Waals surface area contributed by atoms with Crippen LogP contribution >= 0.6 is 0 Å². The molecule has 0 aliphatic carbocycles. The van der Waals surface area contributed by atoms with E-state index >= 15 is 0 Å². The van der Waals surface area contributed by atoms with Gasteiger partial charge in [-0.2, -0.15) is 0 Å². The summed E-state index contributed by atoms with van der Waals surface area (Å²) in [6.07, 6.45) is 5.41. The second-order valence-corrected chi connectivity index (χ2v) is 5.65. The van der Waals surface area contributed by atoms with Crippen molar-refractivity contribution in [3.63, 3.8) is 0 Å². The summed E-state index contributed by atoms with van der Waals surface area (Å²) in [5, 5.41) is 2.62. The molecule has 1 heterocycles. The minimum atomic E-state index is -0.350. The lowest BCUT2D eigenvalue weighted by molar-refractivity contribution is 0.0749. The number of hydrogen-bond acceptors (Lipinski definition) is 4. The van der Waals surface area contributed by atoms with Gasteiger partial charge in [0.25, 0.3) is 11.8 Å². The molecular weight excluding hydrogens is 330 g/mol. The van der Waals surface area contributed by atoms with Crippen molar-refractivity contribution in [1.29, 1.82) is 0 Å². The number of carbonyl (C=O) groups is 2. The average Bonchev–Trinajstić information content (AvgIpc) is 3.14. The summed E-state index contributed by atoms with van der Waals surface area (Å²) < 4.78 is 5.34. The lowest BCUT2D eigenvalue weighted by atomic mass is 10.1. The normalized spacial score (nSPS) is 10.2. The van der Waals surface area contributed by atoms with Crippen molar-refractivity contribution in [3.05, 3.63) is 78.6 Å². The number of aromatic nitrogens is 1. The van der Waals surface area contributed by atoms with Gasteiger partial charge < -0.3 is 14.6 Å². The van der Waals surface area contributed by atoms with Crippen molar-refractivity contribution in [2.24, 2.45) is 0 Å². The highest BCUT2D eigenvalue weighted by Gasteiger charge is 2.19. The Bertz CT molecular complexity index is 778. The Morgan fingerprint density at radius 3 is 2.58 bits per heavy atom. The fourth-order valence-corrected chi connectivity index (χ4v) is 2.35. The van der Waals surface area contributed by atoms with Crippen molar-refractivity contribution in [1.82, 2.24) is 15.2 Å². The SMILES string of the molecule is C=CCNC(=O)c1coc(CN(CC=C)C(=O)c2ccc(CC)cc2)n1. The summed E-state index contributed by atoms with van der Waals surface area (Å²) in [4.78, 5) is 30.3. The van der Waals surface area contributed by atoms with Gasteiger partial charge in [-0.15, -0.1) is 13.2 Å². The van der Waals surface area contributed by atoms with Gasteiger partial charge in [0.2, 0.25) is 5.89 Å². The van der Waals surface area contributed by atoms with E-state index in [1.807, 2.05) is 12.1 Å². The fourth-order valence-electron chi connectivity index (χ4n) is 2.35. The second-order valence-electron chi connectivity index (χ2n) is 5.65. The molecule has 6 nitrogen and oxygen atoms in total. The molecule has 1 aromatic heterocycles. The Morgan fingerprint density at radius 2 is 1.96 bits per heavy atom. The van der Waals surface area contributed by atoms with Crippen LogP contribution in [0.1, 0.15) is 39.2 Å². The van der Waals surface area contributed by atoms with E-state index < -0.39 is 0 Å². The molecule has 136 valence electrons. The topological polar surface area (TPSA) is 75.4 Å². The van der Waals surface area contributed by atoms with Crippen LogP contribution < -0.4 is 5.32 Å². The van der Waals surface area contributed by atoms with Crippen LogP contribution in [0.15, 0.2) is 60.3 Å². The maximum Gasteiger partial charge on any atom is 0.273 e. The first kappa shape index (κ1) is 19.2. The zero-order valence-electron chi connectivity index (χ0n) is 14.9. The standard InChI is InChI=1S/C20H23N3O3/c1-4-11-21-19(24)17-14-26-18(22-17)13-23(12-5-2)20(25)16-9-7-15(6-3)8-10-16/h4-5,7-10,14H,1-2,6,11-13H2,3H3,(H,21,24). The molecule has 6 heteroatoms. The van der Waals surface area contributed by atoms with E-state index in [1.165, 1.54) is 11.8 Å². The first-order valence-electron chi connectivity index (χ1n) is 8.41. The molecule has 1 aromatic carbocycles. The van der Waals surface area contributed by atoms with Crippen LogP contribution in [0.25, 0.3) is 0 Å². The lowest BCUT2D eigenvalue weighted by Gasteiger charge is -2.19. The monoisotopic (exact) mass is 353 g/mol. The van der Waals surface area contributed by atoms with E-state index in [4.69, 9.17) is 4.42 Å². The van der Waals surface area contributed by atoms with E-state index in [1.54, 1.807) is 29.2 Å². The van der Waals surface area contributed by atoms with E-state index in [9.17, 15) is 9.59 Å². The maximum atomic E-state index is 12.7. The zero-order chi connectivity index (χ0) is 18.9. The molecule has 2 rings (SSSR count). The molecule has 0 aliphatic rings. The summed E-state index contributed by atoms with van der Waals surface area (Å²) in [5.41, 5.74) is 1.92. The molecule has 1 N–H and O–H groups in total. The summed E-state index contributed by atoms with van der Waals surface area (Å²) in [6, 6.07) is 7.49. The number of benzene rings is 1. The minimum Gasteiger partial charge on any atom is -0.446 e. The molecule has 2 amide bonds. The molecule has 0 unspecified atom stereocenters. The third kappa shape index (κ3) is 4.92. The third-order valence-electron chi connectivity index (χ3n) is 3.76. The molecule has 0 atom stereocenters. The number of rotatable bonds is 9. The van der Waals surface area contributed by atoms with Gasteiger partial charge in [0.15, 0.2) is 5.69 Å². The van der Waals surface area contributed by atoms with E-state index in [2.05, 4.69) is 30.4 Å². The van der Waals surface area contributed by atoms with Crippen LogP contribution in [0.5, 0.6) is 0 Å². The van der Waals surface area contributed by atoms with Crippen molar-refractivity contribution >= 4 is 11.8 Å². The summed E-state index contributed by atoms with van der Waals surface area (Å²) in [6.45, 7) is 10.1. The molecule has 0 aliphatic heterocycles. The largest absolute Gasteiger partial charge is 0.446 e. The van der Waals surface area contributed by atoms with Gasteiger partial charge >= 0.3 is 0 Å². The van der Waals surface area contributed by atoms with Crippen molar-refractivity contribution < 1.29 is 14.0 Å². The molecule has 0 saturated heterocycles. The van der Waals surface area contributed by atoms with Crippen LogP contribution in [0, 0.1) is 0 Å². The quantitative estimate of drug-likeness (QED) is 0.703. The van der Waals surface area contributed by atoms with E-state index in [0.29, 0.717) is 18.7 Å². The molecule has 0 fully saturated rings. The predicted molar refractivity (Wildman–Crippen MR) is 99.8 cm³/mol. The molecule has 2 aromatic rings. The molecule has 0 radical (unpaired) electrons.